The topological polar surface area (TPSA) is 99.4 Å². The third-order valence-corrected chi connectivity index (χ3v) is 8.24. The lowest BCUT2D eigenvalue weighted by Crippen LogP contribution is -2.67. The molecule has 9 nitrogen and oxygen atoms in total. The van der Waals surface area contributed by atoms with Gasteiger partial charge in [-0.1, -0.05) is 78.1 Å². The molecule has 1 saturated heterocycles. The Morgan fingerprint density at radius 1 is 0.947 bits per heavy atom. The highest BCUT2D eigenvalue weighted by atomic mass is 32.1. The number of aromatic hydroxyl groups is 1. The lowest BCUT2D eigenvalue weighted by Gasteiger charge is -2.49. The van der Waals surface area contributed by atoms with Crippen molar-refractivity contribution in [2.45, 2.75) is 11.3 Å². The van der Waals surface area contributed by atoms with Crippen molar-refractivity contribution < 1.29 is 14.6 Å². The van der Waals surface area contributed by atoms with Crippen LogP contribution in [0.1, 0.15) is 16.7 Å². The first kappa shape index (κ1) is 23.8. The number of fused-ring (bicyclic) bond motifs is 2. The summed E-state index contributed by atoms with van der Waals surface area (Å²) in [5.74, 6) is 0.326. The third kappa shape index (κ3) is 3.07. The molecule has 0 aliphatic carbocycles. The molecule has 3 aromatic carbocycles. The fourth-order valence-electron chi connectivity index (χ4n) is 5.46. The molecule has 2 N–H and O–H groups in total. The average Bonchev–Trinajstić information content (AvgIpc) is 3.33. The van der Waals surface area contributed by atoms with Gasteiger partial charge in [-0.05, 0) is 23.8 Å². The summed E-state index contributed by atoms with van der Waals surface area (Å²) in [7, 11) is 4.93. The number of carbonyl (C=O) groups excluding carboxylic acids is 1. The molecule has 2 unspecified atom stereocenters. The molecule has 1 fully saturated rings. The summed E-state index contributed by atoms with van der Waals surface area (Å²) in [6.45, 7) is 0. The summed E-state index contributed by atoms with van der Waals surface area (Å²) in [6, 6.07) is 23.9. The maximum absolute atomic E-state index is 13.7. The van der Waals surface area contributed by atoms with Gasteiger partial charge in [0.25, 0.3) is 5.56 Å². The van der Waals surface area contributed by atoms with E-state index in [-0.39, 0.29) is 17.3 Å². The summed E-state index contributed by atoms with van der Waals surface area (Å²) in [6.07, 6.45) is 1.70. The zero-order valence-electron chi connectivity index (χ0n) is 21.0. The number of nitrogens with one attached hydrogen (secondary N) is 1. The number of hydrogen-bond acceptors (Lipinski definition) is 7. The van der Waals surface area contributed by atoms with Crippen LogP contribution in [0.25, 0.3) is 6.08 Å². The van der Waals surface area contributed by atoms with Crippen molar-refractivity contribution in [3.8, 4) is 11.5 Å². The van der Waals surface area contributed by atoms with Crippen molar-refractivity contribution in [3.63, 3.8) is 0 Å². The first-order chi connectivity index (χ1) is 18.3. The fourth-order valence-corrected chi connectivity index (χ4v) is 6.43. The summed E-state index contributed by atoms with van der Waals surface area (Å²) in [5.41, 5.74) is 2.91. The maximum atomic E-state index is 13.7. The van der Waals surface area contributed by atoms with Crippen LogP contribution in [0.4, 0.5) is 4.79 Å². The molecule has 4 aromatic rings. The van der Waals surface area contributed by atoms with Gasteiger partial charge in [-0.15, -0.1) is 0 Å². The molecule has 0 radical (unpaired) electrons. The summed E-state index contributed by atoms with van der Waals surface area (Å²) < 4.78 is 6.96. The number of hydrogen-bond donors (Lipinski definition) is 2. The molecule has 3 heterocycles. The van der Waals surface area contributed by atoms with Gasteiger partial charge in [-0.2, -0.15) is 4.68 Å². The number of rotatable bonds is 4. The van der Waals surface area contributed by atoms with E-state index in [1.807, 2.05) is 60.7 Å². The molecule has 2 aliphatic heterocycles. The van der Waals surface area contributed by atoms with Crippen molar-refractivity contribution in [1.29, 1.82) is 0 Å². The zero-order valence-corrected chi connectivity index (χ0v) is 21.8. The lowest BCUT2D eigenvalue weighted by molar-refractivity contribution is 0.0648. The van der Waals surface area contributed by atoms with Crippen LogP contribution in [0, 0.1) is 0 Å². The van der Waals surface area contributed by atoms with Crippen LogP contribution < -0.4 is 25.1 Å². The van der Waals surface area contributed by atoms with Gasteiger partial charge < -0.3 is 9.84 Å². The van der Waals surface area contributed by atoms with Gasteiger partial charge in [0.15, 0.2) is 11.5 Å². The van der Waals surface area contributed by atoms with E-state index in [4.69, 9.17) is 9.73 Å². The number of benzene rings is 3. The van der Waals surface area contributed by atoms with E-state index in [0.717, 1.165) is 11.1 Å². The summed E-state index contributed by atoms with van der Waals surface area (Å²) >= 11 is 1.21. The van der Waals surface area contributed by atoms with Crippen molar-refractivity contribution in [2.24, 2.45) is 4.99 Å². The van der Waals surface area contributed by atoms with E-state index in [1.165, 1.54) is 29.2 Å². The molecule has 0 bridgehead atoms. The molecule has 2 atom stereocenters. The van der Waals surface area contributed by atoms with Crippen molar-refractivity contribution >= 4 is 23.4 Å². The zero-order chi connectivity index (χ0) is 26.7. The van der Waals surface area contributed by atoms with Gasteiger partial charge in [0.2, 0.25) is 16.1 Å². The molecule has 6 rings (SSSR count). The number of ether oxygens (including phenoxy) is 1. The molecular formula is C28H25N5O4S. The van der Waals surface area contributed by atoms with Gasteiger partial charge >= 0.3 is 6.03 Å². The number of phenolic OH excluding ortho intramolecular Hbond substituents is 1. The molecule has 1 aromatic heterocycles. The molecule has 0 saturated carbocycles. The Morgan fingerprint density at radius 3 is 2.24 bits per heavy atom. The van der Waals surface area contributed by atoms with Crippen LogP contribution in [-0.4, -0.2) is 46.8 Å². The third-order valence-electron chi connectivity index (χ3n) is 7.27. The summed E-state index contributed by atoms with van der Waals surface area (Å²) in [5, 5.41) is 10.2. The molecular weight excluding hydrogens is 502 g/mol. The Hall–Kier alpha value is -4.57. The van der Waals surface area contributed by atoms with Crippen LogP contribution >= 0.6 is 11.3 Å². The number of nitrogens with zero attached hydrogens (tertiary/aromatic N) is 4. The van der Waals surface area contributed by atoms with E-state index in [1.54, 1.807) is 42.1 Å². The molecule has 192 valence electrons. The monoisotopic (exact) mass is 527 g/mol. The Labute approximate surface area is 222 Å². The number of phenols is 1. The smallest absolute Gasteiger partial charge is 0.324 e. The van der Waals surface area contributed by atoms with E-state index in [9.17, 15) is 14.7 Å². The van der Waals surface area contributed by atoms with E-state index < -0.39 is 11.3 Å². The number of thiazole rings is 1. The van der Waals surface area contributed by atoms with Crippen LogP contribution in [0.15, 0.2) is 88.6 Å². The molecule has 2 amide bonds. The van der Waals surface area contributed by atoms with Crippen LogP contribution in [0.5, 0.6) is 11.5 Å². The molecule has 0 spiro atoms. The summed E-state index contributed by atoms with van der Waals surface area (Å²) in [4.78, 5) is 36.2. The number of likely N-dealkylation sites (N-methyl/N-ethyl adjacent to an activating group) is 2. The Kier molecular flexibility index (Phi) is 5.32. The highest BCUT2D eigenvalue weighted by Crippen LogP contribution is 2.53. The lowest BCUT2D eigenvalue weighted by atomic mass is 9.80. The number of methoxy groups -OCH3 is 1. The van der Waals surface area contributed by atoms with Crippen LogP contribution in [0.3, 0.4) is 0 Å². The highest BCUT2D eigenvalue weighted by molar-refractivity contribution is 7.07. The Morgan fingerprint density at radius 2 is 1.61 bits per heavy atom. The predicted molar refractivity (Wildman–Crippen MR) is 144 cm³/mol. The first-order valence-electron chi connectivity index (χ1n) is 11.9. The normalized spacial score (nSPS) is 22.5. The van der Waals surface area contributed by atoms with Crippen molar-refractivity contribution in [2.75, 3.05) is 26.6 Å². The molecule has 2 aliphatic rings. The van der Waals surface area contributed by atoms with Crippen molar-refractivity contribution in [1.82, 2.24) is 14.5 Å². The second-order valence-electron chi connectivity index (χ2n) is 9.20. The number of aromatic nitrogens is 1. The number of carbonyl (C=O) groups is 1. The SMILES string of the molecule is COc1ccc(C=c2sc3n(c2=O)NC2(c4ccccc4)N(C)C(=O)N(C)C2(c2ccccc2)N=3)cc1O. The standard InChI is InChI=1S/C28H25N5O4S/c1-31-26(36)32(2)28(20-12-8-5-9-13-20)27(31,19-10-6-4-7-11-19)29-25-33(30-28)24(35)23(38-25)17-18-14-15-22(37-3)21(34)16-18/h4-17,30,34H,1-3H3. The second kappa shape index (κ2) is 8.49. The Balaban J connectivity index is 1.66. The average molecular weight is 528 g/mol. The Bertz CT molecular complexity index is 1740. The van der Waals surface area contributed by atoms with Gasteiger partial charge in [0.1, 0.15) is 0 Å². The highest BCUT2D eigenvalue weighted by Gasteiger charge is 2.69. The molecule has 10 heteroatoms. The van der Waals surface area contributed by atoms with Gasteiger partial charge in [0, 0.05) is 25.2 Å². The van der Waals surface area contributed by atoms with Crippen LogP contribution in [0.2, 0.25) is 0 Å². The number of urea groups is 1. The number of amides is 2. The minimum absolute atomic E-state index is 0.0205. The van der Waals surface area contributed by atoms with E-state index >= 15 is 0 Å². The van der Waals surface area contributed by atoms with Crippen molar-refractivity contribution in [3.05, 3.63) is 115 Å². The van der Waals surface area contributed by atoms with E-state index in [2.05, 4.69) is 5.43 Å². The maximum Gasteiger partial charge on any atom is 0.324 e. The fraction of sp³-hybridized carbons (Fsp3) is 0.179. The minimum atomic E-state index is -1.23. The largest absolute Gasteiger partial charge is 0.504 e. The van der Waals surface area contributed by atoms with Crippen LogP contribution in [-0.2, 0) is 11.3 Å². The van der Waals surface area contributed by atoms with Gasteiger partial charge in [0.05, 0.1) is 11.6 Å². The predicted octanol–water partition coefficient (Wildman–Crippen LogP) is 2.33. The quantitative estimate of drug-likeness (QED) is 0.425. The van der Waals surface area contributed by atoms with Gasteiger partial charge in [-0.3, -0.25) is 20.0 Å². The first-order valence-corrected chi connectivity index (χ1v) is 12.8. The van der Waals surface area contributed by atoms with E-state index in [0.29, 0.717) is 20.6 Å². The van der Waals surface area contributed by atoms with Gasteiger partial charge in [-0.25, -0.2) is 9.79 Å². The minimum Gasteiger partial charge on any atom is -0.504 e. The molecule has 38 heavy (non-hydrogen) atoms. The second-order valence-corrected chi connectivity index (χ2v) is 10.2.